The maximum atomic E-state index is 12.0. The summed E-state index contributed by atoms with van der Waals surface area (Å²) in [4.78, 5) is 24.4. The highest BCUT2D eigenvalue weighted by Gasteiger charge is 2.17. The summed E-state index contributed by atoms with van der Waals surface area (Å²) >= 11 is 1.17. The van der Waals surface area contributed by atoms with Crippen molar-refractivity contribution in [2.45, 2.75) is 0 Å². The van der Waals surface area contributed by atoms with E-state index in [-0.39, 0.29) is 11.6 Å². The molecule has 1 aromatic heterocycles. The van der Waals surface area contributed by atoms with E-state index in [4.69, 9.17) is 9.84 Å². The van der Waals surface area contributed by atoms with Crippen LogP contribution in [-0.4, -0.2) is 48.8 Å². The van der Waals surface area contributed by atoms with Gasteiger partial charge in [0.25, 0.3) is 0 Å². The van der Waals surface area contributed by atoms with Gasteiger partial charge in [0.15, 0.2) is 0 Å². The smallest absolute Gasteiger partial charge is 0.338 e. The second-order valence-corrected chi connectivity index (χ2v) is 4.54. The lowest BCUT2D eigenvalue weighted by atomic mass is 10.3. The monoisotopic (exact) mass is 284 g/mol. The number of hydrogen-bond donors (Lipinski definition) is 2. The Morgan fingerprint density at radius 1 is 1.63 bits per heavy atom. The number of carbonyl (C=O) groups excluding carboxylic acids is 1. The molecule has 6 nitrogen and oxygen atoms in total. The molecule has 0 unspecified atom stereocenters. The Labute approximate surface area is 115 Å². The molecule has 0 saturated carbocycles. The van der Waals surface area contributed by atoms with Gasteiger partial charge in [-0.05, 0) is 11.4 Å². The fraction of sp³-hybridized carbons (Fsp3) is 0.333. The number of amides is 2. The summed E-state index contributed by atoms with van der Waals surface area (Å²) in [5, 5.41) is 13.5. The lowest BCUT2D eigenvalue weighted by Gasteiger charge is -2.20. The zero-order valence-electron chi connectivity index (χ0n) is 10.6. The SMILES string of the molecule is C=CCN(CCOC)C(=O)Nc1sccc1C(=O)O. The Morgan fingerprint density at radius 2 is 2.37 bits per heavy atom. The van der Waals surface area contributed by atoms with Gasteiger partial charge in [0.1, 0.15) is 5.00 Å². The van der Waals surface area contributed by atoms with Crippen molar-refractivity contribution in [1.29, 1.82) is 0 Å². The number of anilines is 1. The van der Waals surface area contributed by atoms with Gasteiger partial charge in [-0.25, -0.2) is 9.59 Å². The Bertz CT molecular complexity index is 458. The van der Waals surface area contributed by atoms with Gasteiger partial charge in [0.2, 0.25) is 0 Å². The Kier molecular flexibility index (Phi) is 6.04. The molecule has 2 amide bonds. The van der Waals surface area contributed by atoms with E-state index in [1.54, 1.807) is 18.6 Å². The van der Waals surface area contributed by atoms with Crippen LogP contribution in [0.4, 0.5) is 9.80 Å². The number of urea groups is 1. The van der Waals surface area contributed by atoms with Crippen LogP contribution in [0.15, 0.2) is 24.1 Å². The first-order chi connectivity index (χ1) is 9.10. The lowest BCUT2D eigenvalue weighted by Crippen LogP contribution is -2.37. The normalized spacial score (nSPS) is 9.95. The van der Waals surface area contributed by atoms with Crippen molar-refractivity contribution in [2.24, 2.45) is 0 Å². The second kappa shape index (κ2) is 7.55. The lowest BCUT2D eigenvalue weighted by molar-refractivity contribution is 0.0698. The van der Waals surface area contributed by atoms with Crippen LogP contribution in [0.1, 0.15) is 10.4 Å². The minimum absolute atomic E-state index is 0.0867. The van der Waals surface area contributed by atoms with Crippen LogP contribution < -0.4 is 5.32 Å². The van der Waals surface area contributed by atoms with E-state index in [2.05, 4.69) is 11.9 Å². The van der Waals surface area contributed by atoms with Crippen LogP contribution in [0.5, 0.6) is 0 Å². The molecule has 0 fully saturated rings. The van der Waals surface area contributed by atoms with Crippen LogP contribution in [0, 0.1) is 0 Å². The maximum Gasteiger partial charge on any atom is 0.338 e. The highest BCUT2D eigenvalue weighted by Crippen LogP contribution is 2.23. The van der Waals surface area contributed by atoms with Crippen LogP contribution >= 0.6 is 11.3 Å². The summed E-state index contributed by atoms with van der Waals surface area (Å²) in [5.74, 6) is -1.07. The first kappa shape index (κ1) is 15.2. The number of hydrogen-bond acceptors (Lipinski definition) is 4. The fourth-order valence-electron chi connectivity index (χ4n) is 1.38. The molecule has 104 valence electrons. The summed E-state index contributed by atoms with van der Waals surface area (Å²) in [6, 6.07) is 1.08. The molecule has 0 radical (unpaired) electrons. The first-order valence-corrected chi connectivity index (χ1v) is 6.44. The topological polar surface area (TPSA) is 78.9 Å². The average Bonchev–Trinajstić information content (AvgIpc) is 2.82. The van der Waals surface area contributed by atoms with E-state index in [9.17, 15) is 9.59 Å². The molecule has 1 aromatic rings. The summed E-state index contributed by atoms with van der Waals surface area (Å²) in [6.07, 6.45) is 1.60. The highest BCUT2D eigenvalue weighted by atomic mass is 32.1. The number of rotatable bonds is 7. The Hall–Kier alpha value is -1.86. The minimum Gasteiger partial charge on any atom is -0.478 e. The largest absolute Gasteiger partial charge is 0.478 e. The number of ether oxygens (including phenoxy) is 1. The number of methoxy groups -OCH3 is 1. The molecule has 0 aliphatic carbocycles. The third kappa shape index (κ3) is 4.38. The molecule has 0 aliphatic rings. The van der Waals surface area contributed by atoms with Crippen LogP contribution in [0.25, 0.3) is 0 Å². The fourth-order valence-corrected chi connectivity index (χ4v) is 2.15. The molecule has 0 aromatic carbocycles. The number of nitrogens with zero attached hydrogens (tertiary/aromatic N) is 1. The first-order valence-electron chi connectivity index (χ1n) is 5.56. The Balaban J connectivity index is 2.72. The molecule has 1 heterocycles. The van der Waals surface area contributed by atoms with Gasteiger partial charge in [-0.2, -0.15) is 0 Å². The van der Waals surface area contributed by atoms with Gasteiger partial charge in [-0.3, -0.25) is 5.32 Å². The van der Waals surface area contributed by atoms with Crippen molar-refractivity contribution in [3.05, 3.63) is 29.7 Å². The molecule has 0 atom stereocenters. The molecule has 7 heteroatoms. The molecule has 1 rings (SSSR count). The zero-order valence-corrected chi connectivity index (χ0v) is 11.4. The van der Waals surface area contributed by atoms with Crippen molar-refractivity contribution >= 4 is 28.3 Å². The molecular formula is C12H16N2O4S. The predicted octanol–water partition coefficient (Wildman–Crippen LogP) is 2.11. The van der Waals surface area contributed by atoms with Gasteiger partial charge < -0.3 is 14.7 Å². The van der Waals surface area contributed by atoms with E-state index < -0.39 is 5.97 Å². The van der Waals surface area contributed by atoms with Crippen molar-refractivity contribution in [3.8, 4) is 0 Å². The standard InChI is InChI=1S/C12H16N2O4S/c1-3-5-14(6-7-18-2)12(17)13-10-9(11(15)16)4-8-19-10/h3-4,8H,1,5-7H2,2H3,(H,13,17)(H,15,16). The average molecular weight is 284 g/mol. The summed E-state index contributed by atoms with van der Waals surface area (Å²) in [7, 11) is 1.55. The third-order valence-electron chi connectivity index (χ3n) is 2.32. The van der Waals surface area contributed by atoms with E-state index >= 15 is 0 Å². The maximum absolute atomic E-state index is 12.0. The van der Waals surface area contributed by atoms with Gasteiger partial charge >= 0.3 is 12.0 Å². The van der Waals surface area contributed by atoms with E-state index in [1.807, 2.05) is 0 Å². The molecule has 2 N–H and O–H groups in total. The number of nitrogens with one attached hydrogen (secondary N) is 1. The predicted molar refractivity (Wildman–Crippen MR) is 73.9 cm³/mol. The minimum atomic E-state index is -1.07. The zero-order chi connectivity index (χ0) is 14.3. The number of carboxylic acids is 1. The summed E-state index contributed by atoms with van der Waals surface area (Å²) < 4.78 is 4.92. The van der Waals surface area contributed by atoms with Crippen molar-refractivity contribution in [3.63, 3.8) is 0 Å². The van der Waals surface area contributed by atoms with Gasteiger partial charge in [0.05, 0.1) is 12.2 Å². The van der Waals surface area contributed by atoms with Crippen LogP contribution in [-0.2, 0) is 4.74 Å². The number of thiophene rings is 1. The quantitative estimate of drug-likeness (QED) is 0.752. The highest BCUT2D eigenvalue weighted by molar-refractivity contribution is 7.14. The molecule has 0 bridgehead atoms. The van der Waals surface area contributed by atoms with Crippen LogP contribution in [0.2, 0.25) is 0 Å². The Morgan fingerprint density at radius 3 is 2.95 bits per heavy atom. The van der Waals surface area contributed by atoms with Gasteiger partial charge in [-0.15, -0.1) is 17.9 Å². The van der Waals surface area contributed by atoms with Crippen molar-refractivity contribution in [2.75, 3.05) is 32.1 Å². The molecule has 19 heavy (non-hydrogen) atoms. The van der Waals surface area contributed by atoms with Gasteiger partial charge in [0, 0.05) is 20.2 Å². The third-order valence-corrected chi connectivity index (χ3v) is 3.15. The second-order valence-electron chi connectivity index (χ2n) is 3.63. The van der Waals surface area contributed by atoms with Crippen molar-refractivity contribution in [1.82, 2.24) is 4.90 Å². The van der Waals surface area contributed by atoms with E-state index in [0.29, 0.717) is 24.7 Å². The molecule has 0 saturated heterocycles. The van der Waals surface area contributed by atoms with Crippen LogP contribution in [0.3, 0.4) is 0 Å². The molecule has 0 aliphatic heterocycles. The summed E-state index contributed by atoms with van der Waals surface area (Å²) in [6.45, 7) is 4.75. The number of carboxylic acid groups (broad SMARTS) is 1. The van der Waals surface area contributed by atoms with E-state index in [1.165, 1.54) is 22.3 Å². The van der Waals surface area contributed by atoms with Crippen molar-refractivity contribution < 1.29 is 19.4 Å². The molecule has 0 spiro atoms. The van der Waals surface area contributed by atoms with Gasteiger partial charge in [-0.1, -0.05) is 6.08 Å². The van der Waals surface area contributed by atoms with E-state index in [0.717, 1.165) is 0 Å². The summed E-state index contributed by atoms with van der Waals surface area (Å²) in [5.41, 5.74) is 0.0867. The molecular weight excluding hydrogens is 268 g/mol. The number of aromatic carboxylic acids is 1. The number of carbonyl (C=O) groups is 2.